The second-order valence-corrected chi connectivity index (χ2v) is 5.75. The molecule has 1 unspecified atom stereocenters. The van der Waals surface area contributed by atoms with Crippen LogP contribution in [0.15, 0.2) is 48.5 Å². The third-order valence-corrected chi connectivity index (χ3v) is 4.28. The highest BCUT2D eigenvalue weighted by atomic mass is 15.2. The molecule has 0 fully saturated rings. The van der Waals surface area contributed by atoms with Crippen LogP contribution in [0.5, 0.6) is 0 Å². The number of benzene rings is 2. The van der Waals surface area contributed by atoms with E-state index in [0.717, 1.165) is 18.5 Å². The largest absolute Gasteiger partial charge is 0.384 e. The smallest absolute Gasteiger partial charge is 0.122 e. The monoisotopic (exact) mass is 279 g/mol. The minimum Gasteiger partial charge on any atom is -0.384 e. The van der Waals surface area contributed by atoms with Gasteiger partial charge in [-0.05, 0) is 37.0 Å². The molecule has 1 atom stereocenters. The van der Waals surface area contributed by atoms with Gasteiger partial charge in [0.1, 0.15) is 5.84 Å². The molecule has 2 aromatic rings. The molecular formula is C18H21N3. The van der Waals surface area contributed by atoms with E-state index in [-0.39, 0.29) is 5.84 Å². The van der Waals surface area contributed by atoms with E-state index in [9.17, 15) is 0 Å². The number of hydrogen-bond donors (Lipinski definition) is 2. The Bertz CT molecular complexity index is 646. The summed E-state index contributed by atoms with van der Waals surface area (Å²) in [5.74, 6) is 0.123. The first-order valence-corrected chi connectivity index (χ1v) is 7.43. The third-order valence-electron chi connectivity index (χ3n) is 4.28. The maximum Gasteiger partial charge on any atom is 0.122 e. The van der Waals surface area contributed by atoms with E-state index >= 15 is 0 Å². The van der Waals surface area contributed by atoms with Gasteiger partial charge >= 0.3 is 0 Å². The van der Waals surface area contributed by atoms with Gasteiger partial charge in [-0.15, -0.1) is 0 Å². The molecule has 0 aromatic heterocycles. The van der Waals surface area contributed by atoms with Crippen molar-refractivity contribution in [1.29, 1.82) is 5.41 Å². The first-order valence-electron chi connectivity index (χ1n) is 7.43. The summed E-state index contributed by atoms with van der Waals surface area (Å²) in [6.45, 7) is 3.19. The van der Waals surface area contributed by atoms with Gasteiger partial charge in [-0.3, -0.25) is 5.41 Å². The van der Waals surface area contributed by atoms with Crippen LogP contribution in [0.3, 0.4) is 0 Å². The van der Waals surface area contributed by atoms with Crippen LogP contribution in [0.1, 0.15) is 30.0 Å². The van der Waals surface area contributed by atoms with Crippen LogP contribution in [0.25, 0.3) is 0 Å². The highest BCUT2D eigenvalue weighted by Gasteiger charge is 2.22. The summed E-state index contributed by atoms with van der Waals surface area (Å²) >= 11 is 0. The lowest BCUT2D eigenvalue weighted by Crippen LogP contribution is -2.36. The van der Waals surface area contributed by atoms with Gasteiger partial charge in [-0.1, -0.05) is 42.5 Å². The molecule has 3 rings (SSSR count). The van der Waals surface area contributed by atoms with Crippen molar-refractivity contribution < 1.29 is 0 Å². The number of hydrogen-bond acceptors (Lipinski definition) is 2. The van der Waals surface area contributed by atoms with Gasteiger partial charge in [-0.25, -0.2) is 0 Å². The normalized spacial score (nSPS) is 17.4. The maximum atomic E-state index is 7.45. The van der Waals surface area contributed by atoms with Crippen molar-refractivity contribution >= 4 is 11.5 Å². The lowest BCUT2D eigenvalue weighted by atomic mass is 9.96. The Morgan fingerprint density at radius 3 is 2.62 bits per heavy atom. The Kier molecular flexibility index (Phi) is 3.65. The Morgan fingerprint density at radius 1 is 1.19 bits per heavy atom. The lowest BCUT2D eigenvalue weighted by molar-refractivity contribution is 0.560. The summed E-state index contributed by atoms with van der Waals surface area (Å²) in [6, 6.07) is 17.2. The molecule has 21 heavy (non-hydrogen) atoms. The Balaban J connectivity index is 1.85. The van der Waals surface area contributed by atoms with Crippen LogP contribution in [-0.4, -0.2) is 11.9 Å². The van der Waals surface area contributed by atoms with Crippen molar-refractivity contribution in [1.82, 2.24) is 0 Å². The summed E-state index contributed by atoms with van der Waals surface area (Å²) < 4.78 is 0. The highest BCUT2D eigenvalue weighted by Crippen LogP contribution is 2.31. The van der Waals surface area contributed by atoms with Gasteiger partial charge in [0.15, 0.2) is 0 Å². The van der Waals surface area contributed by atoms with Crippen molar-refractivity contribution in [2.45, 2.75) is 32.4 Å². The number of amidine groups is 1. The molecule has 2 aromatic carbocycles. The van der Waals surface area contributed by atoms with E-state index in [1.807, 2.05) is 12.1 Å². The Labute approximate surface area is 125 Å². The number of rotatable bonds is 3. The zero-order valence-corrected chi connectivity index (χ0v) is 12.3. The highest BCUT2D eigenvalue weighted by molar-refractivity contribution is 5.94. The molecule has 1 aliphatic rings. The fourth-order valence-electron chi connectivity index (χ4n) is 2.99. The SMILES string of the molecule is CC1CCc2ccccc2N1Cc1ccc(C(=N)N)cc1. The van der Waals surface area contributed by atoms with E-state index in [2.05, 4.69) is 48.2 Å². The van der Waals surface area contributed by atoms with Crippen LogP contribution in [0.4, 0.5) is 5.69 Å². The molecule has 0 radical (unpaired) electrons. The Hall–Kier alpha value is -2.29. The molecule has 3 nitrogen and oxygen atoms in total. The fourth-order valence-corrected chi connectivity index (χ4v) is 2.99. The first kappa shape index (κ1) is 13.7. The lowest BCUT2D eigenvalue weighted by Gasteiger charge is -2.37. The van der Waals surface area contributed by atoms with Crippen LogP contribution in [0.2, 0.25) is 0 Å². The van der Waals surface area contributed by atoms with Gasteiger partial charge in [0.25, 0.3) is 0 Å². The number of nitrogens with two attached hydrogens (primary N) is 1. The average Bonchev–Trinajstić information content (AvgIpc) is 2.51. The van der Waals surface area contributed by atoms with Crippen molar-refractivity contribution in [2.24, 2.45) is 5.73 Å². The molecule has 1 heterocycles. The zero-order valence-electron chi connectivity index (χ0n) is 12.3. The van der Waals surface area contributed by atoms with Crippen LogP contribution in [-0.2, 0) is 13.0 Å². The van der Waals surface area contributed by atoms with Crippen LogP contribution >= 0.6 is 0 Å². The molecule has 0 saturated carbocycles. The minimum atomic E-state index is 0.123. The first-order chi connectivity index (χ1) is 10.1. The minimum absolute atomic E-state index is 0.123. The van der Waals surface area contributed by atoms with Crippen LogP contribution in [0, 0.1) is 5.41 Å². The number of aryl methyl sites for hydroxylation is 1. The number of nitrogens with one attached hydrogen (secondary N) is 1. The molecule has 3 heteroatoms. The second kappa shape index (κ2) is 5.60. The van der Waals surface area contributed by atoms with Crippen molar-refractivity contribution in [3.63, 3.8) is 0 Å². The maximum absolute atomic E-state index is 7.45. The average molecular weight is 279 g/mol. The fraction of sp³-hybridized carbons (Fsp3) is 0.278. The molecule has 0 aliphatic carbocycles. The number of nitrogens with zero attached hydrogens (tertiary/aromatic N) is 1. The standard InChI is InChI=1S/C18H21N3/c1-13-6-9-15-4-2-3-5-17(15)21(13)12-14-7-10-16(11-8-14)18(19)20/h2-5,7-8,10-11,13H,6,9,12H2,1H3,(H3,19,20). The molecule has 0 saturated heterocycles. The summed E-state index contributed by atoms with van der Waals surface area (Å²) in [5.41, 5.74) is 10.3. The molecule has 3 N–H and O–H groups in total. The zero-order chi connectivity index (χ0) is 14.8. The number of nitrogen functional groups attached to an aromatic ring is 1. The molecule has 0 bridgehead atoms. The van der Waals surface area contributed by atoms with E-state index in [4.69, 9.17) is 11.1 Å². The second-order valence-electron chi connectivity index (χ2n) is 5.75. The Morgan fingerprint density at radius 2 is 1.90 bits per heavy atom. The quantitative estimate of drug-likeness (QED) is 0.669. The number of para-hydroxylation sites is 1. The number of fused-ring (bicyclic) bond motifs is 1. The van der Waals surface area contributed by atoms with Gasteiger partial charge in [-0.2, -0.15) is 0 Å². The number of anilines is 1. The van der Waals surface area contributed by atoms with Gasteiger partial charge in [0.05, 0.1) is 0 Å². The molecular weight excluding hydrogens is 258 g/mol. The van der Waals surface area contributed by atoms with E-state index in [1.165, 1.54) is 23.2 Å². The topological polar surface area (TPSA) is 53.1 Å². The van der Waals surface area contributed by atoms with E-state index in [1.54, 1.807) is 0 Å². The summed E-state index contributed by atoms with van der Waals surface area (Å²) in [7, 11) is 0. The summed E-state index contributed by atoms with van der Waals surface area (Å²) in [4.78, 5) is 2.47. The molecule has 0 amide bonds. The summed E-state index contributed by atoms with van der Waals surface area (Å²) in [5, 5.41) is 7.45. The van der Waals surface area contributed by atoms with Gasteiger partial charge < -0.3 is 10.6 Å². The molecule has 0 spiro atoms. The van der Waals surface area contributed by atoms with Crippen molar-refractivity contribution in [3.8, 4) is 0 Å². The van der Waals surface area contributed by atoms with Crippen LogP contribution < -0.4 is 10.6 Å². The predicted octanol–water partition coefficient (Wildman–Crippen LogP) is 3.31. The molecule has 1 aliphatic heterocycles. The third kappa shape index (κ3) is 2.77. The van der Waals surface area contributed by atoms with Gasteiger partial charge in [0, 0.05) is 23.8 Å². The van der Waals surface area contributed by atoms with E-state index < -0.39 is 0 Å². The van der Waals surface area contributed by atoms with E-state index in [0.29, 0.717) is 6.04 Å². The molecule has 108 valence electrons. The predicted molar refractivity (Wildman–Crippen MR) is 87.9 cm³/mol. The van der Waals surface area contributed by atoms with Crippen molar-refractivity contribution in [3.05, 3.63) is 65.2 Å². The van der Waals surface area contributed by atoms with Crippen molar-refractivity contribution in [2.75, 3.05) is 4.90 Å². The van der Waals surface area contributed by atoms with Gasteiger partial charge in [0.2, 0.25) is 0 Å². The summed E-state index contributed by atoms with van der Waals surface area (Å²) in [6.07, 6.45) is 2.36.